The lowest BCUT2D eigenvalue weighted by atomic mass is 10.3. The summed E-state index contributed by atoms with van der Waals surface area (Å²) in [6.45, 7) is 9.99. The minimum Gasteiger partial charge on any atom is -0.497 e. The quantitative estimate of drug-likeness (QED) is 0.767. The highest BCUT2D eigenvalue weighted by molar-refractivity contribution is 5.35. The molecule has 0 aliphatic carbocycles. The van der Waals surface area contributed by atoms with Gasteiger partial charge in [0.25, 0.3) is 0 Å². The van der Waals surface area contributed by atoms with Gasteiger partial charge in [-0.05, 0) is 24.6 Å². The van der Waals surface area contributed by atoms with Crippen molar-refractivity contribution in [3.63, 3.8) is 0 Å². The molecule has 110 valence electrons. The first-order valence-electron chi connectivity index (χ1n) is 7.02. The Hall–Kier alpha value is -2.03. The predicted molar refractivity (Wildman–Crippen MR) is 84.7 cm³/mol. The second-order valence-corrected chi connectivity index (χ2v) is 3.45. The van der Waals surface area contributed by atoms with Gasteiger partial charge in [-0.1, -0.05) is 39.8 Å². The van der Waals surface area contributed by atoms with Crippen LogP contribution >= 0.6 is 0 Å². The van der Waals surface area contributed by atoms with E-state index in [0.29, 0.717) is 5.88 Å². The molecule has 0 radical (unpaired) electrons. The normalized spacial score (nSPS) is 8.50. The Morgan fingerprint density at radius 2 is 1.55 bits per heavy atom. The van der Waals surface area contributed by atoms with E-state index in [2.05, 4.69) is 4.98 Å². The third-order valence-electron chi connectivity index (χ3n) is 2.15. The molecule has 3 heteroatoms. The Bertz CT molecular complexity index is 467. The second-order valence-electron chi connectivity index (χ2n) is 3.45. The van der Waals surface area contributed by atoms with E-state index in [1.807, 2.05) is 71.0 Å². The molecule has 0 unspecified atom stereocenters. The van der Waals surface area contributed by atoms with Gasteiger partial charge in [-0.25, -0.2) is 4.98 Å². The molecule has 0 bridgehead atoms. The van der Waals surface area contributed by atoms with Crippen LogP contribution in [0, 0.1) is 6.92 Å². The van der Waals surface area contributed by atoms with E-state index in [0.717, 1.165) is 17.1 Å². The summed E-state index contributed by atoms with van der Waals surface area (Å²) in [5, 5.41) is 0. The maximum atomic E-state index is 5.58. The van der Waals surface area contributed by atoms with Crippen molar-refractivity contribution in [2.75, 3.05) is 7.11 Å². The van der Waals surface area contributed by atoms with E-state index in [4.69, 9.17) is 9.47 Å². The van der Waals surface area contributed by atoms with Crippen molar-refractivity contribution in [2.24, 2.45) is 0 Å². The molecule has 0 saturated carbocycles. The summed E-state index contributed by atoms with van der Waals surface area (Å²) < 4.78 is 10.7. The number of pyridine rings is 1. The Kier molecular flexibility index (Phi) is 9.75. The van der Waals surface area contributed by atoms with Crippen LogP contribution in [0.15, 0.2) is 42.6 Å². The zero-order chi connectivity index (χ0) is 15.4. The van der Waals surface area contributed by atoms with Crippen molar-refractivity contribution in [3.8, 4) is 17.4 Å². The third-order valence-corrected chi connectivity index (χ3v) is 2.15. The Balaban J connectivity index is 0.000000829. The first-order valence-corrected chi connectivity index (χ1v) is 7.02. The first kappa shape index (κ1) is 18.0. The number of nitrogens with zero attached hydrogens (tertiary/aromatic N) is 1. The van der Waals surface area contributed by atoms with E-state index >= 15 is 0 Å². The fraction of sp³-hybridized carbons (Fsp3) is 0.353. The van der Waals surface area contributed by atoms with Crippen LogP contribution in [0.3, 0.4) is 0 Å². The summed E-state index contributed by atoms with van der Waals surface area (Å²) in [5.74, 6) is 2.07. The lowest BCUT2D eigenvalue weighted by molar-refractivity contribution is 0.407. The number of ether oxygens (including phenoxy) is 2. The van der Waals surface area contributed by atoms with Gasteiger partial charge in [0.05, 0.1) is 7.11 Å². The van der Waals surface area contributed by atoms with Crippen molar-refractivity contribution >= 4 is 0 Å². The van der Waals surface area contributed by atoms with Crippen molar-refractivity contribution in [1.82, 2.24) is 4.98 Å². The molecule has 0 fully saturated rings. The maximum Gasteiger partial charge on any atom is 0.219 e. The summed E-state index contributed by atoms with van der Waals surface area (Å²) in [4.78, 5) is 4.17. The van der Waals surface area contributed by atoms with Gasteiger partial charge in [-0.2, -0.15) is 0 Å². The molecule has 0 aliphatic rings. The van der Waals surface area contributed by atoms with Crippen molar-refractivity contribution in [2.45, 2.75) is 34.6 Å². The molecule has 0 amide bonds. The van der Waals surface area contributed by atoms with Crippen LogP contribution in [-0.4, -0.2) is 12.1 Å². The molecule has 3 nitrogen and oxygen atoms in total. The van der Waals surface area contributed by atoms with E-state index in [1.165, 1.54) is 0 Å². The number of benzene rings is 1. The first-order chi connectivity index (χ1) is 9.78. The number of aromatic nitrogens is 1. The third kappa shape index (κ3) is 6.23. The smallest absolute Gasteiger partial charge is 0.219 e. The Labute approximate surface area is 122 Å². The van der Waals surface area contributed by atoms with Crippen LogP contribution in [0.4, 0.5) is 0 Å². The van der Waals surface area contributed by atoms with Crippen LogP contribution in [0.1, 0.15) is 33.3 Å². The van der Waals surface area contributed by atoms with Crippen LogP contribution in [0.2, 0.25) is 0 Å². The fourth-order valence-corrected chi connectivity index (χ4v) is 1.30. The Morgan fingerprint density at radius 3 is 2.10 bits per heavy atom. The molecular weight excluding hydrogens is 250 g/mol. The van der Waals surface area contributed by atoms with Gasteiger partial charge < -0.3 is 9.47 Å². The lowest BCUT2D eigenvalue weighted by Crippen LogP contribution is -1.89. The van der Waals surface area contributed by atoms with Gasteiger partial charge in [0.2, 0.25) is 5.88 Å². The SMILES string of the molecule is CC.CC.COc1cccc(Oc2ccc(C)cn2)c1. The summed E-state index contributed by atoms with van der Waals surface area (Å²) in [6, 6.07) is 11.2. The molecule has 0 N–H and O–H groups in total. The molecule has 1 heterocycles. The molecule has 0 saturated heterocycles. The highest BCUT2D eigenvalue weighted by Gasteiger charge is 1.99. The predicted octanol–water partition coefficient (Wildman–Crippen LogP) is 5.24. The van der Waals surface area contributed by atoms with Crippen LogP contribution < -0.4 is 9.47 Å². The summed E-state index contributed by atoms with van der Waals surface area (Å²) >= 11 is 0. The van der Waals surface area contributed by atoms with Crippen molar-refractivity contribution < 1.29 is 9.47 Å². The Morgan fingerprint density at radius 1 is 0.900 bits per heavy atom. The summed E-state index contributed by atoms with van der Waals surface area (Å²) in [7, 11) is 1.63. The van der Waals surface area contributed by atoms with E-state index in [9.17, 15) is 0 Å². The molecule has 0 spiro atoms. The van der Waals surface area contributed by atoms with Gasteiger partial charge in [-0.15, -0.1) is 0 Å². The minimum atomic E-state index is 0.582. The average Bonchev–Trinajstić information content (AvgIpc) is 2.54. The van der Waals surface area contributed by atoms with Crippen LogP contribution in [0.5, 0.6) is 17.4 Å². The largest absolute Gasteiger partial charge is 0.497 e. The standard InChI is InChI=1S/C13H13NO2.2C2H6/c1-10-6-7-13(14-9-10)16-12-5-3-4-11(8-12)15-2;2*1-2/h3-9H,1-2H3;2*1-2H3. The molecule has 1 aromatic heterocycles. The van der Waals surface area contributed by atoms with Gasteiger partial charge in [0.15, 0.2) is 0 Å². The van der Waals surface area contributed by atoms with Gasteiger partial charge in [0.1, 0.15) is 11.5 Å². The molecular formula is C17H25NO2. The number of hydrogen-bond acceptors (Lipinski definition) is 3. The summed E-state index contributed by atoms with van der Waals surface area (Å²) in [5.41, 5.74) is 1.11. The lowest BCUT2D eigenvalue weighted by Gasteiger charge is -2.06. The molecule has 0 atom stereocenters. The highest BCUT2D eigenvalue weighted by atomic mass is 16.5. The van der Waals surface area contributed by atoms with Gasteiger partial charge in [0, 0.05) is 18.3 Å². The monoisotopic (exact) mass is 275 g/mol. The van der Waals surface area contributed by atoms with Crippen molar-refractivity contribution in [3.05, 3.63) is 48.2 Å². The van der Waals surface area contributed by atoms with Gasteiger partial charge in [-0.3, -0.25) is 0 Å². The molecule has 1 aromatic carbocycles. The second kappa shape index (κ2) is 10.9. The van der Waals surface area contributed by atoms with E-state index < -0.39 is 0 Å². The van der Waals surface area contributed by atoms with Crippen LogP contribution in [0.25, 0.3) is 0 Å². The highest BCUT2D eigenvalue weighted by Crippen LogP contribution is 2.23. The van der Waals surface area contributed by atoms with Gasteiger partial charge >= 0.3 is 0 Å². The number of methoxy groups -OCH3 is 1. The summed E-state index contributed by atoms with van der Waals surface area (Å²) in [6.07, 6.45) is 1.77. The maximum absolute atomic E-state index is 5.58. The zero-order valence-corrected chi connectivity index (χ0v) is 13.3. The fourth-order valence-electron chi connectivity index (χ4n) is 1.30. The average molecular weight is 275 g/mol. The minimum absolute atomic E-state index is 0.582. The molecule has 20 heavy (non-hydrogen) atoms. The number of aryl methyl sites for hydroxylation is 1. The topological polar surface area (TPSA) is 31.4 Å². The number of rotatable bonds is 3. The van der Waals surface area contributed by atoms with E-state index in [-0.39, 0.29) is 0 Å². The van der Waals surface area contributed by atoms with E-state index in [1.54, 1.807) is 13.3 Å². The van der Waals surface area contributed by atoms with Crippen LogP contribution in [-0.2, 0) is 0 Å². The molecule has 2 aromatic rings. The molecule has 0 aliphatic heterocycles. The molecule has 2 rings (SSSR count). The number of hydrogen-bond donors (Lipinski definition) is 0. The van der Waals surface area contributed by atoms with Crippen molar-refractivity contribution in [1.29, 1.82) is 0 Å². The zero-order valence-electron chi connectivity index (χ0n) is 13.3.